The van der Waals surface area contributed by atoms with Gasteiger partial charge in [-0.1, -0.05) is 25.5 Å². The minimum atomic E-state index is -0.407. The molecule has 0 radical (unpaired) electrons. The Kier molecular flexibility index (Phi) is 4.74. The van der Waals surface area contributed by atoms with Crippen molar-refractivity contribution in [3.8, 4) is 0 Å². The number of nitrogens with two attached hydrogens (primary N) is 1. The van der Waals surface area contributed by atoms with E-state index in [2.05, 4.69) is 16.7 Å². The molecule has 1 saturated heterocycles. The molecule has 2 aliphatic carbocycles. The molecule has 0 bridgehead atoms. The Morgan fingerprint density at radius 1 is 1.15 bits per heavy atom. The Hall–Kier alpha value is -1.88. The molecule has 1 heterocycles. The monoisotopic (exact) mass is 355 g/mol. The largest absolute Gasteiger partial charge is 0.366 e. The van der Waals surface area contributed by atoms with Gasteiger partial charge < -0.3 is 10.6 Å². The van der Waals surface area contributed by atoms with E-state index in [1.54, 1.807) is 12.1 Å². The standard InChI is InChI=1S/C21H29N3O2/c1-2-16-13-23(17-4-3-5-17)10-11-24(16)21(26)19-12-18(19)14-6-8-15(9-7-14)20(22)25/h6-9,16-19H,2-5,10-13H2,1H3,(H2,22,25)/t16-,18?,19?/m1/s1. The molecule has 1 aliphatic heterocycles. The molecule has 4 rings (SSSR count). The van der Waals surface area contributed by atoms with Crippen LogP contribution < -0.4 is 5.73 Å². The van der Waals surface area contributed by atoms with Crippen LogP contribution in [0.1, 0.15) is 60.9 Å². The number of carbonyl (C=O) groups excluding carboxylic acids is 2. The maximum Gasteiger partial charge on any atom is 0.248 e. The van der Waals surface area contributed by atoms with Crippen LogP contribution in [0.25, 0.3) is 0 Å². The quantitative estimate of drug-likeness (QED) is 0.882. The number of hydrogen-bond donors (Lipinski definition) is 1. The molecule has 5 nitrogen and oxygen atoms in total. The second-order valence-corrected chi connectivity index (χ2v) is 8.11. The molecular weight excluding hydrogens is 326 g/mol. The number of amides is 2. The van der Waals surface area contributed by atoms with Crippen molar-refractivity contribution >= 4 is 11.8 Å². The predicted molar refractivity (Wildman–Crippen MR) is 101 cm³/mol. The van der Waals surface area contributed by atoms with Crippen LogP contribution in [0.4, 0.5) is 0 Å². The molecule has 1 aromatic carbocycles. The fraction of sp³-hybridized carbons (Fsp3) is 0.619. The summed E-state index contributed by atoms with van der Waals surface area (Å²) in [7, 11) is 0. The Morgan fingerprint density at radius 3 is 2.46 bits per heavy atom. The number of piperazine rings is 1. The zero-order chi connectivity index (χ0) is 18.3. The number of nitrogens with zero attached hydrogens (tertiary/aromatic N) is 2. The van der Waals surface area contributed by atoms with Crippen molar-refractivity contribution in [1.29, 1.82) is 0 Å². The highest BCUT2D eigenvalue weighted by Crippen LogP contribution is 2.49. The first-order valence-corrected chi connectivity index (χ1v) is 10.0. The third-order valence-corrected chi connectivity index (χ3v) is 6.59. The summed E-state index contributed by atoms with van der Waals surface area (Å²) in [6, 6.07) is 8.55. The summed E-state index contributed by atoms with van der Waals surface area (Å²) in [4.78, 5) is 29.0. The van der Waals surface area contributed by atoms with E-state index in [9.17, 15) is 9.59 Å². The van der Waals surface area contributed by atoms with Crippen LogP contribution in [-0.2, 0) is 4.79 Å². The number of primary amides is 1. The van der Waals surface area contributed by atoms with Gasteiger partial charge in [-0.25, -0.2) is 0 Å². The van der Waals surface area contributed by atoms with E-state index in [4.69, 9.17) is 5.73 Å². The summed E-state index contributed by atoms with van der Waals surface area (Å²) < 4.78 is 0. The van der Waals surface area contributed by atoms with Gasteiger partial charge in [0.1, 0.15) is 0 Å². The van der Waals surface area contributed by atoms with Crippen molar-refractivity contribution in [1.82, 2.24) is 9.80 Å². The Morgan fingerprint density at radius 2 is 1.88 bits per heavy atom. The summed E-state index contributed by atoms with van der Waals surface area (Å²) in [6.07, 6.45) is 5.97. The molecule has 2 unspecified atom stereocenters. The van der Waals surface area contributed by atoms with Gasteiger partial charge in [-0.2, -0.15) is 0 Å². The molecule has 3 atom stereocenters. The first-order valence-electron chi connectivity index (χ1n) is 10.0. The van der Waals surface area contributed by atoms with E-state index in [0.29, 0.717) is 23.4 Å². The smallest absolute Gasteiger partial charge is 0.248 e. The molecule has 26 heavy (non-hydrogen) atoms. The lowest BCUT2D eigenvalue weighted by Crippen LogP contribution is -2.58. The number of rotatable bonds is 5. The van der Waals surface area contributed by atoms with Gasteiger partial charge in [-0.3, -0.25) is 14.5 Å². The molecule has 3 aliphatic rings. The summed E-state index contributed by atoms with van der Waals surface area (Å²) >= 11 is 0. The molecule has 3 fully saturated rings. The van der Waals surface area contributed by atoms with E-state index >= 15 is 0 Å². The average Bonchev–Trinajstić information content (AvgIpc) is 3.40. The molecule has 2 amide bonds. The Balaban J connectivity index is 1.38. The van der Waals surface area contributed by atoms with E-state index in [0.717, 1.165) is 44.1 Å². The predicted octanol–water partition coefficient (Wildman–Crippen LogP) is 2.36. The molecule has 1 aromatic rings. The first-order chi connectivity index (χ1) is 12.6. The van der Waals surface area contributed by atoms with Gasteiger partial charge in [-0.05, 0) is 49.3 Å². The maximum absolute atomic E-state index is 13.1. The van der Waals surface area contributed by atoms with Crippen molar-refractivity contribution in [2.75, 3.05) is 19.6 Å². The first kappa shape index (κ1) is 17.5. The van der Waals surface area contributed by atoms with Gasteiger partial charge in [0.25, 0.3) is 0 Å². The van der Waals surface area contributed by atoms with Crippen LogP contribution in [0.5, 0.6) is 0 Å². The van der Waals surface area contributed by atoms with Gasteiger partial charge in [0.05, 0.1) is 0 Å². The van der Waals surface area contributed by atoms with Crippen molar-refractivity contribution < 1.29 is 9.59 Å². The normalized spacial score (nSPS) is 29.3. The van der Waals surface area contributed by atoms with Crippen molar-refractivity contribution in [3.05, 3.63) is 35.4 Å². The van der Waals surface area contributed by atoms with Crippen molar-refractivity contribution in [2.45, 2.75) is 57.0 Å². The number of hydrogen-bond acceptors (Lipinski definition) is 3. The zero-order valence-electron chi connectivity index (χ0n) is 15.6. The molecule has 140 valence electrons. The Labute approximate surface area is 155 Å². The minimum absolute atomic E-state index is 0.110. The van der Waals surface area contributed by atoms with E-state index in [-0.39, 0.29) is 5.92 Å². The van der Waals surface area contributed by atoms with Gasteiger partial charge in [0.15, 0.2) is 0 Å². The third-order valence-electron chi connectivity index (χ3n) is 6.59. The second-order valence-electron chi connectivity index (χ2n) is 8.11. The van der Waals surface area contributed by atoms with Crippen LogP contribution in [-0.4, -0.2) is 53.3 Å². The van der Waals surface area contributed by atoms with Crippen LogP contribution in [0.3, 0.4) is 0 Å². The average molecular weight is 355 g/mol. The highest BCUT2D eigenvalue weighted by molar-refractivity contribution is 5.92. The van der Waals surface area contributed by atoms with Crippen LogP contribution >= 0.6 is 0 Å². The lowest BCUT2D eigenvalue weighted by Gasteiger charge is -2.47. The van der Waals surface area contributed by atoms with Crippen molar-refractivity contribution in [3.63, 3.8) is 0 Å². The topological polar surface area (TPSA) is 66.6 Å². The Bertz CT molecular complexity index is 683. The van der Waals surface area contributed by atoms with Gasteiger partial charge in [0, 0.05) is 43.2 Å². The second kappa shape index (κ2) is 7.03. The van der Waals surface area contributed by atoms with E-state index < -0.39 is 5.91 Å². The van der Waals surface area contributed by atoms with Crippen LogP contribution in [0.15, 0.2) is 24.3 Å². The fourth-order valence-corrected chi connectivity index (χ4v) is 4.55. The number of carbonyl (C=O) groups is 2. The molecule has 2 N–H and O–H groups in total. The molecular formula is C21H29N3O2. The highest BCUT2D eigenvalue weighted by atomic mass is 16.2. The molecule has 0 aromatic heterocycles. The van der Waals surface area contributed by atoms with Gasteiger partial charge >= 0.3 is 0 Å². The number of benzene rings is 1. The minimum Gasteiger partial charge on any atom is -0.366 e. The lowest BCUT2D eigenvalue weighted by molar-refractivity contribution is -0.138. The highest BCUT2D eigenvalue weighted by Gasteiger charge is 2.47. The van der Waals surface area contributed by atoms with E-state index in [1.165, 1.54) is 19.3 Å². The molecule has 5 heteroatoms. The summed E-state index contributed by atoms with van der Waals surface area (Å²) in [5, 5.41) is 0. The van der Waals surface area contributed by atoms with Crippen LogP contribution in [0.2, 0.25) is 0 Å². The maximum atomic E-state index is 13.1. The summed E-state index contributed by atoms with van der Waals surface area (Å²) in [5.74, 6) is 0.328. The van der Waals surface area contributed by atoms with Crippen molar-refractivity contribution in [2.24, 2.45) is 11.7 Å². The third kappa shape index (κ3) is 3.25. The SMILES string of the molecule is CC[C@@H]1CN(C2CCC2)CCN1C(=O)C1CC1c1ccc(C(N)=O)cc1. The van der Waals surface area contributed by atoms with E-state index in [1.807, 2.05) is 12.1 Å². The van der Waals surface area contributed by atoms with Gasteiger partial charge in [-0.15, -0.1) is 0 Å². The molecule has 2 saturated carbocycles. The summed E-state index contributed by atoms with van der Waals surface area (Å²) in [5.41, 5.74) is 6.97. The molecule has 0 spiro atoms. The summed E-state index contributed by atoms with van der Waals surface area (Å²) in [6.45, 7) is 5.13. The van der Waals surface area contributed by atoms with Gasteiger partial charge in [0.2, 0.25) is 11.8 Å². The van der Waals surface area contributed by atoms with Crippen LogP contribution in [0, 0.1) is 5.92 Å². The fourth-order valence-electron chi connectivity index (χ4n) is 4.55. The zero-order valence-corrected chi connectivity index (χ0v) is 15.6. The lowest BCUT2D eigenvalue weighted by atomic mass is 9.90.